The van der Waals surface area contributed by atoms with Crippen LogP contribution in [0.15, 0.2) is 45.6 Å². The molecule has 2 aromatic carbocycles. The van der Waals surface area contributed by atoms with Gasteiger partial charge in [0.15, 0.2) is 17.3 Å². The Labute approximate surface area is 137 Å². The maximum absolute atomic E-state index is 12.4. The van der Waals surface area contributed by atoms with Gasteiger partial charge >= 0.3 is 0 Å². The molecule has 6 nitrogen and oxygen atoms in total. The molecule has 0 amide bonds. The van der Waals surface area contributed by atoms with Crippen molar-refractivity contribution in [2.75, 3.05) is 21.3 Å². The van der Waals surface area contributed by atoms with E-state index in [2.05, 4.69) is 0 Å². The first-order valence-corrected chi connectivity index (χ1v) is 7.16. The average Bonchev–Trinajstić information content (AvgIpc) is 2.63. The van der Waals surface area contributed by atoms with E-state index in [9.17, 15) is 9.90 Å². The Morgan fingerprint density at radius 2 is 1.62 bits per heavy atom. The third kappa shape index (κ3) is 2.32. The van der Waals surface area contributed by atoms with Crippen LogP contribution in [0.5, 0.6) is 23.0 Å². The lowest BCUT2D eigenvalue weighted by Gasteiger charge is -2.15. The number of aromatic hydroxyl groups is 1. The van der Waals surface area contributed by atoms with Crippen molar-refractivity contribution in [3.05, 3.63) is 46.6 Å². The summed E-state index contributed by atoms with van der Waals surface area (Å²) in [6.45, 7) is 0. The number of ether oxygens (including phenoxy) is 3. The van der Waals surface area contributed by atoms with Crippen LogP contribution in [0.3, 0.4) is 0 Å². The van der Waals surface area contributed by atoms with Crippen molar-refractivity contribution < 1.29 is 23.7 Å². The number of hydrogen-bond acceptors (Lipinski definition) is 6. The van der Waals surface area contributed by atoms with E-state index in [1.54, 1.807) is 36.4 Å². The number of hydrogen-bond donors (Lipinski definition) is 1. The zero-order valence-electron chi connectivity index (χ0n) is 13.5. The first kappa shape index (κ1) is 15.7. The summed E-state index contributed by atoms with van der Waals surface area (Å²) in [4.78, 5) is 12.4. The van der Waals surface area contributed by atoms with Gasteiger partial charge in [0.2, 0.25) is 16.9 Å². The Bertz CT molecular complexity index is 958. The highest BCUT2D eigenvalue weighted by Crippen LogP contribution is 2.46. The lowest BCUT2D eigenvalue weighted by molar-refractivity contribution is 0.324. The second-order valence-electron chi connectivity index (χ2n) is 4.99. The number of para-hydroxylation sites is 1. The average molecular weight is 328 g/mol. The molecule has 0 saturated heterocycles. The zero-order chi connectivity index (χ0) is 17.3. The second-order valence-corrected chi connectivity index (χ2v) is 4.99. The quantitative estimate of drug-likeness (QED) is 0.792. The third-order valence-electron chi connectivity index (χ3n) is 3.72. The van der Waals surface area contributed by atoms with E-state index in [0.717, 1.165) is 0 Å². The Kier molecular flexibility index (Phi) is 4.04. The number of fused-ring (bicyclic) bond motifs is 1. The van der Waals surface area contributed by atoms with Crippen molar-refractivity contribution in [1.82, 2.24) is 0 Å². The molecule has 0 aliphatic rings. The predicted molar refractivity (Wildman–Crippen MR) is 89.2 cm³/mol. The van der Waals surface area contributed by atoms with Crippen LogP contribution in [0.25, 0.3) is 22.3 Å². The van der Waals surface area contributed by atoms with Crippen LogP contribution in [0.4, 0.5) is 0 Å². The third-order valence-corrected chi connectivity index (χ3v) is 3.72. The molecule has 1 heterocycles. The van der Waals surface area contributed by atoms with E-state index in [-0.39, 0.29) is 5.76 Å². The first-order chi connectivity index (χ1) is 11.6. The van der Waals surface area contributed by atoms with Gasteiger partial charge in [-0.25, -0.2) is 0 Å². The molecule has 124 valence electrons. The van der Waals surface area contributed by atoms with Crippen LogP contribution in [-0.2, 0) is 0 Å². The Balaban J connectivity index is 2.36. The Morgan fingerprint density at radius 1 is 0.917 bits per heavy atom. The topological polar surface area (TPSA) is 78.1 Å². The van der Waals surface area contributed by atoms with Crippen molar-refractivity contribution in [1.29, 1.82) is 0 Å². The molecule has 0 fully saturated rings. The number of methoxy groups -OCH3 is 3. The second kappa shape index (κ2) is 6.16. The summed E-state index contributed by atoms with van der Waals surface area (Å²) in [5, 5.41) is 10.6. The molecule has 3 rings (SSSR count). The van der Waals surface area contributed by atoms with Gasteiger partial charge in [0.1, 0.15) is 5.58 Å². The van der Waals surface area contributed by atoms with Gasteiger partial charge in [0.05, 0.1) is 32.3 Å². The van der Waals surface area contributed by atoms with Gasteiger partial charge in [-0.3, -0.25) is 4.79 Å². The van der Waals surface area contributed by atoms with Crippen LogP contribution >= 0.6 is 0 Å². The van der Waals surface area contributed by atoms with Gasteiger partial charge in [-0.1, -0.05) is 12.1 Å². The van der Waals surface area contributed by atoms with Crippen molar-refractivity contribution in [2.24, 2.45) is 0 Å². The summed E-state index contributed by atoms with van der Waals surface area (Å²) < 4.78 is 21.7. The maximum Gasteiger partial charge on any atom is 0.235 e. The van der Waals surface area contributed by atoms with Gasteiger partial charge < -0.3 is 23.7 Å². The summed E-state index contributed by atoms with van der Waals surface area (Å²) in [5.74, 6) is 0.620. The molecule has 0 unspecified atom stereocenters. The Hall–Kier alpha value is -3.15. The van der Waals surface area contributed by atoms with Crippen molar-refractivity contribution >= 4 is 11.0 Å². The molecule has 0 spiro atoms. The molecule has 0 bridgehead atoms. The van der Waals surface area contributed by atoms with Crippen molar-refractivity contribution in [3.8, 4) is 34.3 Å². The molecule has 24 heavy (non-hydrogen) atoms. The lowest BCUT2D eigenvalue weighted by Crippen LogP contribution is -2.03. The van der Waals surface area contributed by atoms with Crippen LogP contribution in [0.2, 0.25) is 0 Å². The SMILES string of the molecule is COc1ccc(-c2oc3ccccc3c(=O)c2O)c(OC)c1OC. The molecule has 0 radical (unpaired) electrons. The first-order valence-electron chi connectivity index (χ1n) is 7.16. The standard InChI is InChI=1S/C18H16O6/c1-21-13-9-8-11(17(22-2)18(13)23-3)16-15(20)14(19)10-6-4-5-7-12(10)24-16/h4-9,20H,1-3H3. The summed E-state index contributed by atoms with van der Waals surface area (Å²) in [6, 6.07) is 9.98. The molecule has 0 saturated carbocycles. The fourth-order valence-corrected chi connectivity index (χ4v) is 2.59. The Morgan fingerprint density at radius 3 is 2.29 bits per heavy atom. The van der Waals surface area contributed by atoms with Gasteiger partial charge in [-0.2, -0.15) is 0 Å². The fraction of sp³-hybridized carbons (Fsp3) is 0.167. The molecule has 0 aliphatic carbocycles. The summed E-state index contributed by atoms with van der Waals surface area (Å²) in [7, 11) is 4.43. The molecule has 0 aliphatic heterocycles. The summed E-state index contributed by atoms with van der Waals surface area (Å²) >= 11 is 0. The molecule has 1 N–H and O–H groups in total. The normalized spacial score (nSPS) is 10.6. The van der Waals surface area contributed by atoms with Gasteiger partial charge in [0, 0.05) is 0 Å². The number of benzene rings is 2. The minimum absolute atomic E-state index is 0.0107. The van der Waals surface area contributed by atoms with Crippen LogP contribution in [0.1, 0.15) is 0 Å². The van der Waals surface area contributed by atoms with E-state index in [1.165, 1.54) is 21.3 Å². The molecule has 1 aromatic heterocycles. The molecular formula is C18H16O6. The zero-order valence-corrected chi connectivity index (χ0v) is 13.5. The number of rotatable bonds is 4. The van der Waals surface area contributed by atoms with E-state index in [1.807, 2.05) is 0 Å². The highest BCUT2D eigenvalue weighted by Gasteiger charge is 2.23. The molecular weight excluding hydrogens is 312 g/mol. The molecule has 0 atom stereocenters. The van der Waals surface area contributed by atoms with Crippen LogP contribution < -0.4 is 19.6 Å². The smallest absolute Gasteiger partial charge is 0.235 e. The van der Waals surface area contributed by atoms with Crippen molar-refractivity contribution in [3.63, 3.8) is 0 Å². The van der Waals surface area contributed by atoms with Crippen LogP contribution in [-0.4, -0.2) is 26.4 Å². The van der Waals surface area contributed by atoms with E-state index < -0.39 is 11.2 Å². The van der Waals surface area contributed by atoms with Crippen LogP contribution in [0, 0.1) is 0 Å². The maximum atomic E-state index is 12.4. The molecule has 3 aromatic rings. The summed E-state index contributed by atoms with van der Waals surface area (Å²) in [5.41, 5.74) is 0.242. The fourth-order valence-electron chi connectivity index (χ4n) is 2.59. The van der Waals surface area contributed by atoms with Gasteiger partial charge in [-0.05, 0) is 24.3 Å². The highest BCUT2D eigenvalue weighted by atomic mass is 16.5. The van der Waals surface area contributed by atoms with E-state index in [4.69, 9.17) is 18.6 Å². The molecule has 6 heteroatoms. The largest absolute Gasteiger partial charge is 0.502 e. The van der Waals surface area contributed by atoms with E-state index in [0.29, 0.717) is 33.8 Å². The van der Waals surface area contributed by atoms with Gasteiger partial charge in [0.25, 0.3) is 0 Å². The van der Waals surface area contributed by atoms with E-state index >= 15 is 0 Å². The van der Waals surface area contributed by atoms with Crippen molar-refractivity contribution in [2.45, 2.75) is 0 Å². The minimum atomic E-state index is -0.510. The minimum Gasteiger partial charge on any atom is -0.502 e. The highest BCUT2D eigenvalue weighted by molar-refractivity contribution is 5.84. The van der Waals surface area contributed by atoms with Gasteiger partial charge in [-0.15, -0.1) is 0 Å². The monoisotopic (exact) mass is 328 g/mol. The lowest BCUT2D eigenvalue weighted by atomic mass is 10.1. The predicted octanol–water partition coefficient (Wildman–Crippen LogP) is 3.19. The summed E-state index contributed by atoms with van der Waals surface area (Å²) in [6.07, 6.45) is 0.